The number of carboxylic acid groups (broad SMARTS) is 1. The van der Waals surface area contributed by atoms with Gasteiger partial charge in [-0.15, -0.1) is 11.8 Å². The molecule has 0 saturated carbocycles. The number of aliphatic carboxylic acids is 1. The molecule has 0 aromatic heterocycles. The standard InChI is InChI=1S/C9H8O3S/c10-5-7-1-3-8(4-2-7)13-6-9(11)12/h1-5H,6H2,(H,11,12). The predicted molar refractivity (Wildman–Crippen MR) is 50.2 cm³/mol. The Morgan fingerprint density at radius 1 is 1.38 bits per heavy atom. The summed E-state index contributed by atoms with van der Waals surface area (Å²) in [4.78, 5) is 21.4. The van der Waals surface area contributed by atoms with Gasteiger partial charge in [-0.25, -0.2) is 0 Å². The van der Waals surface area contributed by atoms with Gasteiger partial charge in [0.05, 0.1) is 5.75 Å². The SMILES string of the molecule is O=Cc1ccc(SCC(=O)O)cc1. The molecule has 0 saturated heterocycles. The van der Waals surface area contributed by atoms with E-state index in [9.17, 15) is 9.59 Å². The summed E-state index contributed by atoms with van der Waals surface area (Å²) in [5, 5.41) is 8.40. The van der Waals surface area contributed by atoms with Gasteiger partial charge < -0.3 is 5.11 Å². The van der Waals surface area contributed by atoms with Crippen LogP contribution in [0.4, 0.5) is 0 Å². The molecule has 0 unspecified atom stereocenters. The lowest BCUT2D eigenvalue weighted by molar-refractivity contribution is -0.133. The molecule has 1 aromatic rings. The first-order valence-corrected chi connectivity index (χ1v) is 4.61. The molecule has 0 bridgehead atoms. The van der Waals surface area contributed by atoms with Crippen LogP contribution in [-0.2, 0) is 4.79 Å². The summed E-state index contributed by atoms with van der Waals surface area (Å²) in [6.07, 6.45) is 0.756. The highest BCUT2D eigenvalue weighted by molar-refractivity contribution is 8.00. The lowest BCUT2D eigenvalue weighted by Crippen LogP contribution is -1.97. The summed E-state index contributed by atoms with van der Waals surface area (Å²) in [6.45, 7) is 0. The molecule has 68 valence electrons. The topological polar surface area (TPSA) is 54.4 Å². The van der Waals surface area contributed by atoms with Gasteiger partial charge >= 0.3 is 5.97 Å². The summed E-state index contributed by atoms with van der Waals surface area (Å²) in [5.74, 6) is -0.801. The first-order valence-electron chi connectivity index (χ1n) is 3.62. The van der Waals surface area contributed by atoms with Crippen LogP contribution in [-0.4, -0.2) is 23.1 Å². The number of aldehydes is 1. The van der Waals surface area contributed by atoms with Gasteiger partial charge in [-0.05, 0) is 12.1 Å². The maximum absolute atomic E-state index is 10.3. The number of carbonyl (C=O) groups excluding carboxylic acids is 1. The van der Waals surface area contributed by atoms with Crippen LogP contribution in [0.1, 0.15) is 10.4 Å². The van der Waals surface area contributed by atoms with Crippen LogP contribution < -0.4 is 0 Å². The van der Waals surface area contributed by atoms with Crippen molar-refractivity contribution in [1.29, 1.82) is 0 Å². The molecule has 0 aliphatic carbocycles. The van der Waals surface area contributed by atoms with Crippen molar-refractivity contribution in [3.63, 3.8) is 0 Å². The molecule has 0 heterocycles. The normalized spacial score (nSPS) is 9.54. The van der Waals surface area contributed by atoms with Crippen molar-refractivity contribution >= 4 is 24.0 Å². The molecule has 1 aromatic carbocycles. The molecule has 0 aliphatic heterocycles. The fourth-order valence-electron chi connectivity index (χ4n) is 0.788. The first-order chi connectivity index (χ1) is 6.22. The molecular formula is C9H8O3S. The van der Waals surface area contributed by atoms with Gasteiger partial charge in [-0.3, -0.25) is 9.59 Å². The van der Waals surface area contributed by atoms with Crippen LogP contribution >= 0.6 is 11.8 Å². The van der Waals surface area contributed by atoms with Crippen molar-refractivity contribution in [3.05, 3.63) is 29.8 Å². The molecule has 0 atom stereocenters. The van der Waals surface area contributed by atoms with Crippen LogP contribution in [0.3, 0.4) is 0 Å². The van der Waals surface area contributed by atoms with Crippen molar-refractivity contribution in [3.8, 4) is 0 Å². The van der Waals surface area contributed by atoms with E-state index < -0.39 is 5.97 Å². The zero-order valence-corrected chi connectivity index (χ0v) is 7.58. The zero-order chi connectivity index (χ0) is 9.68. The van der Waals surface area contributed by atoms with E-state index in [2.05, 4.69) is 0 Å². The van der Waals surface area contributed by atoms with Gasteiger partial charge in [0.2, 0.25) is 0 Å². The minimum atomic E-state index is -0.843. The molecule has 13 heavy (non-hydrogen) atoms. The molecule has 3 nitrogen and oxygen atoms in total. The molecule has 1 rings (SSSR count). The van der Waals surface area contributed by atoms with E-state index in [0.717, 1.165) is 11.2 Å². The summed E-state index contributed by atoms with van der Waals surface area (Å²) in [5.41, 5.74) is 0.597. The number of hydrogen-bond acceptors (Lipinski definition) is 3. The summed E-state index contributed by atoms with van der Waals surface area (Å²) < 4.78 is 0. The average molecular weight is 196 g/mol. The molecule has 0 fully saturated rings. The van der Waals surface area contributed by atoms with Crippen molar-refractivity contribution in [2.45, 2.75) is 4.90 Å². The number of hydrogen-bond donors (Lipinski definition) is 1. The van der Waals surface area contributed by atoms with Crippen LogP contribution in [0.25, 0.3) is 0 Å². The van der Waals surface area contributed by atoms with Gasteiger partial charge in [0.15, 0.2) is 0 Å². The highest BCUT2D eigenvalue weighted by atomic mass is 32.2. The van der Waals surface area contributed by atoms with Crippen LogP contribution in [0.15, 0.2) is 29.2 Å². The Balaban J connectivity index is 2.59. The summed E-state index contributed by atoms with van der Waals surface area (Å²) in [7, 11) is 0. The Morgan fingerprint density at radius 3 is 2.46 bits per heavy atom. The Morgan fingerprint density at radius 2 is 2.00 bits per heavy atom. The monoisotopic (exact) mass is 196 g/mol. The van der Waals surface area contributed by atoms with E-state index in [1.165, 1.54) is 11.8 Å². The van der Waals surface area contributed by atoms with Crippen LogP contribution in [0.2, 0.25) is 0 Å². The highest BCUT2D eigenvalue weighted by Gasteiger charge is 1.98. The van der Waals surface area contributed by atoms with E-state index in [1.54, 1.807) is 24.3 Å². The van der Waals surface area contributed by atoms with Gasteiger partial charge in [-0.2, -0.15) is 0 Å². The fourth-order valence-corrected chi connectivity index (χ4v) is 1.41. The third kappa shape index (κ3) is 3.29. The number of carbonyl (C=O) groups is 2. The number of rotatable bonds is 4. The number of carboxylic acids is 1. The Bertz CT molecular complexity index is 305. The van der Waals surface area contributed by atoms with Crippen LogP contribution in [0, 0.1) is 0 Å². The zero-order valence-electron chi connectivity index (χ0n) is 6.77. The third-order valence-electron chi connectivity index (χ3n) is 1.38. The number of thioether (sulfide) groups is 1. The summed E-state index contributed by atoms with van der Waals surface area (Å²) >= 11 is 1.23. The smallest absolute Gasteiger partial charge is 0.313 e. The Hall–Kier alpha value is -1.29. The lowest BCUT2D eigenvalue weighted by Gasteiger charge is -1.97. The van der Waals surface area contributed by atoms with Crippen LogP contribution in [0.5, 0.6) is 0 Å². The molecule has 0 radical (unpaired) electrons. The molecule has 0 spiro atoms. The minimum absolute atomic E-state index is 0.0421. The van der Waals surface area contributed by atoms with Gasteiger partial charge in [-0.1, -0.05) is 12.1 Å². The first kappa shape index (κ1) is 9.80. The maximum atomic E-state index is 10.3. The Labute approximate surface area is 79.8 Å². The molecule has 0 aliphatic rings. The third-order valence-corrected chi connectivity index (χ3v) is 2.38. The predicted octanol–water partition coefficient (Wildman–Crippen LogP) is 1.68. The van der Waals surface area contributed by atoms with E-state index in [-0.39, 0.29) is 5.75 Å². The lowest BCUT2D eigenvalue weighted by atomic mass is 10.2. The maximum Gasteiger partial charge on any atom is 0.313 e. The Kier molecular flexibility index (Phi) is 3.52. The summed E-state index contributed by atoms with van der Waals surface area (Å²) in [6, 6.07) is 6.79. The van der Waals surface area contributed by atoms with E-state index >= 15 is 0 Å². The van der Waals surface area contributed by atoms with Crippen molar-refractivity contribution < 1.29 is 14.7 Å². The van der Waals surface area contributed by atoms with E-state index in [0.29, 0.717) is 5.56 Å². The molecule has 0 amide bonds. The van der Waals surface area contributed by atoms with Gasteiger partial charge in [0.25, 0.3) is 0 Å². The van der Waals surface area contributed by atoms with Gasteiger partial charge in [0, 0.05) is 10.5 Å². The fraction of sp³-hybridized carbons (Fsp3) is 0.111. The largest absolute Gasteiger partial charge is 0.481 e. The molecule has 1 N–H and O–H groups in total. The molecular weight excluding hydrogens is 188 g/mol. The van der Waals surface area contributed by atoms with E-state index in [4.69, 9.17) is 5.11 Å². The number of benzene rings is 1. The second kappa shape index (κ2) is 4.67. The van der Waals surface area contributed by atoms with Crippen molar-refractivity contribution in [2.75, 3.05) is 5.75 Å². The average Bonchev–Trinajstić information content (AvgIpc) is 2.15. The second-order valence-electron chi connectivity index (χ2n) is 2.37. The van der Waals surface area contributed by atoms with E-state index in [1.807, 2.05) is 0 Å². The minimum Gasteiger partial charge on any atom is -0.481 e. The molecule has 4 heteroatoms. The second-order valence-corrected chi connectivity index (χ2v) is 3.42. The quantitative estimate of drug-likeness (QED) is 0.588. The van der Waals surface area contributed by atoms with Gasteiger partial charge in [0.1, 0.15) is 6.29 Å². The highest BCUT2D eigenvalue weighted by Crippen LogP contribution is 2.17. The van der Waals surface area contributed by atoms with Crippen molar-refractivity contribution in [1.82, 2.24) is 0 Å². The van der Waals surface area contributed by atoms with Crippen molar-refractivity contribution in [2.24, 2.45) is 0 Å².